The highest BCUT2D eigenvalue weighted by atomic mass is 35.5. The SMILES string of the molecule is CNC(C(=O)NCc1ccc(Cl)cc1OC)c1cnn(C)c1.Cl. The van der Waals surface area contributed by atoms with E-state index in [0.717, 1.165) is 11.1 Å². The topological polar surface area (TPSA) is 68.2 Å². The van der Waals surface area contributed by atoms with E-state index in [9.17, 15) is 4.79 Å². The van der Waals surface area contributed by atoms with Crippen molar-refractivity contribution in [1.29, 1.82) is 0 Å². The molecular formula is C15H20Cl2N4O2. The van der Waals surface area contributed by atoms with E-state index in [1.54, 1.807) is 37.2 Å². The summed E-state index contributed by atoms with van der Waals surface area (Å²) in [5.41, 5.74) is 1.67. The molecule has 1 aromatic heterocycles. The van der Waals surface area contributed by atoms with Gasteiger partial charge in [0.1, 0.15) is 11.8 Å². The van der Waals surface area contributed by atoms with Gasteiger partial charge < -0.3 is 15.4 Å². The van der Waals surface area contributed by atoms with E-state index in [1.807, 2.05) is 19.3 Å². The van der Waals surface area contributed by atoms with Crippen LogP contribution in [-0.4, -0.2) is 29.8 Å². The molecule has 8 heteroatoms. The highest BCUT2D eigenvalue weighted by Crippen LogP contribution is 2.23. The van der Waals surface area contributed by atoms with E-state index in [1.165, 1.54) is 0 Å². The van der Waals surface area contributed by atoms with Gasteiger partial charge in [-0.3, -0.25) is 9.48 Å². The molecule has 1 amide bonds. The Bertz CT molecular complexity index is 661. The van der Waals surface area contributed by atoms with Gasteiger partial charge in [0, 0.05) is 35.9 Å². The van der Waals surface area contributed by atoms with Crippen molar-refractivity contribution in [3.63, 3.8) is 0 Å². The standard InChI is InChI=1S/C15H19ClN4O2.ClH/c1-17-14(11-8-19-20(2)9-11)15(21)18-7-10-4-5-12(16)6-13(10)22-3;/h4-6,8-9,14,17H,7H2,1-3H3,(H,18,21);1H. The summed E-state index contributed by atoms with van der Waals surface area (Å²) in [6.07, 6.45) is 3.48. The Kier molecular flexibility index (Phi) is 7.35. The predicted octanol–water partition coefficient (Wildman–Crippen LogP) is 2.08. The molecule has 2 N–H and O–H groups in total. The molecule has 0 fully saturated rings. The fraction of sp³-hybridized carbons (Fsp3) is 0.333. The normalized spacial score (nSPS) is 11.5. The van der Waals surface area contributed by atoms with Crippen molar-refractivity contribution in [2.24, 2.45) is 7.05 Å². The summed E-state index contributed by atoms with van der Waals surface area (Å²) in [6.45, 7) is 0.359. The number of aromatic nitrogens is 2. The quantitative estimate of drug-likeness (QED) is 0.829. The summed E-state index contributed by atoms with van der Waals surface area (Å²) < 4.78 is 6.93. The van der Waals surface area contributed by atoms with Gasteiger partial charge in [-0.05, 0) is 19.2 Å². The molecule has 1 unspecified atom stereocenters. The number of nitrogens with one attached hydrogen (secondary N) is 2. The number of rotatable bonds is 6. The molecule has 126 valence electrons. The number of aryl methyl sites for hydroxylation is 1. The molecule has 0 saturated carbocycles. The van der Waals surface area contributed by atoms with E-state index in [-0.39, 0.29) is 18.3 Å². The number of ether oxygens (including phenoxy) is 1. The lowest BCUT2D eigenvalue weighted by atomic mass is 10.1. The molecule has 0 spiro atoms. The largest absolute Gasteiger partial charge is 0.496 e. The fourth-order valence-corrected chi connectivity index (χ4v) is 2.35. The van der Waals surface area contributed by atoms with Crippen LogP contribution in [0.2, 0.25) is 5.02 Å². The van der Waals surface area contributed by atoms with Gasteiger partial charge in [0.2, 0.25) is 5.91 Å². The first-order valence-corrected chi connectivity index (χ1v) is 7.19. The van der Waals surface area contributed by atoms with Gasteiger partial charge in [0.25, 0.3) is 0 Å². The Morgan fingerprint density at radius 3 is 2.78 bits per heavy atom. The van der Waals surface area contributed by atoms with Crippen LogP contribution < -0.4 is 15.4 Å². The first-order valence-electron chi connectivity index (χ1n) is 6.81. The van der Waals surface area contributed by atoms with Crippen LogP contribution in [-0.2, 0) is 18.4 Å². The van der Waals surface area contributed by atoms with Crippen LogP contribution in [0.4, 0.5) is 0 Å². The van der Waals surface area contributed by atoms with Crippen molar-refractivity contribution in [3.8, 4) is 5.75 Å². The minimum atomic E-state index is -0.452. The number of carbonyl (C=O) groups excluding carboxylic acids is 1. The zero-order chi connectivity index (χ0) is 16.1. The van der Waals surface area contributed by atoms with Crippen molar-refractivity contribution in [1.82, 2.24) is 20.4 Å². The van der Waals surface area contributed by atoms with Crippen molar-refractivity contribution >= 4 is 29.9 Å². The molecule has 1 aromatic carbocycles. The second-order valence-corrected chi connectivity index (χ2v) is 5.28. The number of amides is 1. The molecule has 0 aliphatic carbocycles. The molecule has 0 aliphatic heterocycles. The minimum absolute atomic E-state index is 0. The number of benzene rings is 1. The second-order valence-electron chi connectivity index (χ2n) is 4.84. The van der Waals surface area contributed by atoms with Gasteiger partial charge in [0.05, 0.1) is 13.3 Å². The van der Waals surface area contributed by atoms with Crippen LogP contribution in [0.25, 0.3) is 0 Å². The zero-order valence-corrected chi connectivity index (χ0v) is 14.7. The Morgan fingerprint density at radius 1 is 1.48 bits per heavy atom. The van der Waals surface area contributed by atoms with Crippen molar-refractivity contribution < 1.29 is 9.53 Å². The molecule has 0 saturated heterocycles. The van der Waals surface area contributed by atoms with E-state index in [4.69, 9.17) is 16.3 Å². The lowest BCUT2D eigenvalue weighted by Gasteiger charge is -2.15. The molecule has 23 heavy (non-hydrogen) atoms. The number of hydrogen-bond donors (Lipinski definition) is 2. The number of hydrogen-bond acceptors (Lipinski definition) is 4. The van der Waals surface area contributed by atoms with Crippen LogP contribution in [0.1, 0.15) is 17.2 Å². The van der Waals surface area contributed by atoms with Gasteiger partial charge in [-0.1, -0.05) is 17.7 Å². The number of methoxy groups -OCH3 is 1. The maximum absolute atomic E-state index is 12.3. The van der Waals surface area contributed by atoms with Crippen LogP contribution >= 0.6 is 24.0 Å². The van der Waals surface area contributed by atoms with Crippen LogP contribution in [0, 0.1) is 0 Å². The Morgan fingerprint density at radius 2 is 2.22 bits per heavy atom. The first kappa shape index (κ1) is 19.3. The zero-order valence-electron chi connectivity index (χ0n) is 13.2. The summed E-state index contributed by atoms with van der Waals surface area (Å²) in [7, 11) is 5.12. The lowest BCUT2D eigenvalue weighted by molar-refractivity contribution is -0.123. The highest BCUT2D eigenvalue weighted by Gasteiger charge is 2.20. The van der Waals surface area contributed by atoms with Gasteiger partial charge >= 0.3 is 0 Å². The minimum Gasteiger partial charge on any atom is -0.496 e. The molecule has 2 aromatic rings. The monoisotopic (exact) mass is 358 g/mol. The molecular weight excluding hydrogens is 339 g/mol. The van der Waals surface area contributed by atoms with Crippen molar-refractivity contribution in [3.05, 3.63) is 46.7 Å². The van der Waals surface area contributed by atoms with Crippen molar-refractivity contribution in [2.75, 3.05) is 14.2 Å². The van der Waals surface area contributed by atoms with Gasteiger partial charge in [-0.2, -0.15) is 5.10 Å². The fourth-order valence-electron chi connectivity index (χ4n) is 2.19. The Labute approximate surface area is 146 Å². The maximum Gasteiger partial charge on any atom is 0.242 e. The number of likely N-dealkylation sites (N-methyl/N-ethyl adjacent to an activating group) is 1. The molecule has 0 aliphatic rings. The number of halogens is 2. The van der Waals surface area contributed by atoms with E-state index in [2.05, 4.69) is 15.7 Å². The average Bonchev–Trinajstić information content (AvgIpc) is 2.92. The summed E-state index contributed by atoms with van der Waals surface area (Å²) in [6, 6.07) is 4.87. The van der Waals surface area contributed by atoms with E-state index >= 15 is 0 Å². The van der Waals surface area contributed by atoms with Gasteiger partial charge in [0.15, 0.2) is 0 Å². The third-order valence-electron chi connectivity index (χ3n) is 3.31. The molecule has 0 radical (unpaired) electrons. The highest BCUT2D eigenvalue weighted by molar-refractivity contribution is 6.30. The van der Waals surface area contributed by atoms with Crippen LogP contribution in [0.15, 0.2) is 30.6 Å². The molecule has 2 rings (SSSR count). The smallest absolute Gasteiger partial charge is 0.242 e. The Hall–Kier alpha value is -1.76. The Balaban J connectivity index is 0.00000264. The first-order chi connectivity index (χ1) is 10.5. The summed E-state index contributed by atoms with van der Waals surface area (Å²) in [5, 5.41) is 10.6. The third-order valence-corrected chi connectivity index (χ3v) is 3.55. The predicted molar refractivity (Wildman–Crippen MR) is 92.1 cm³/mol. The van der Waals surface area contributed by atoms with E-state index < -0.39 is 6.04 Å². The third kappa shape index (κ3) is 4.86. The van der Waals surface area contributed by atoms with Crippen LogP contribution in [0.5, 0.6) is 5.75 Å². The second kappa shape index (κ2) is 8.76. The molecule has 0 bridgehead atoms. The molecule has 6 nitrogen and oxygen atoms in total. The molecule has 1 atom stereocenters. The maximum atomic E-state index is 12.3. The summed E-state index contributed by atoms with van der Waals surface area (Å²) in [4.78, 5) is 12.3. The van der Waals surface area contributed by atoms with Gasteiger partial charge in [-0.15, -0.1) is 12.4 Å². The number of carbonyl (C=O) groups is 1. The molecule has 1 heterocycles. The average molecular weight is 359 g/mol. The van der Waals surface area contributed by atoms with Gasteiger partial charge in [-0.25, -0.2) is 0 Å². The van der Waals surface area contributed by atoms with Crippen LogP contribution in [0.3, 0.4) is 0 Å². The summed E-state index contributed by atoms with van der Waals surface area (Å²) in [5.74, 6) is 0.516. The van der Waals surface area contributed by atoms with E-state index in [0.29, 0.717) is 17.3 Å². The number of nitrogens with zero attached hydrogens (tertiary/aromatic N) is 2. The summed E-state index contributed by atoms with van der Waals surface area (Å²) >= 11 is 5.93. The van der Waals surface area contributed by atoms with Crippen molar-refractivity contribution in [2.45, 2.75) is 12.6 Å². The lowest BCUT2D eigenvalue weighted by Crippen LogP contribution is -2.35.